The van der Waals surface area contributed by atoms with Crippen molar-refractivity contribution in [3.63, 3.8) is 0 Å². The molecule has 1 aromatic heterocycles. The molecule has 1 fully saturated rings. The van der Waals surface area contributed by atoms with Gasteiger partial charge in [-0.2, -0.15) is 0 Å². The van der Waals surface area contributed by atoms with Crippen molar-refractivity contribution in [1.29, 1.82) is 0 Å². The Hall–Kier alpha value is -1.43. The zero-order valence-electron chi connectivity index (χ0n) is 11.2. The first-order valence-corrected chi connectivity index (χ1v) is 7.19. The molecule has 2 atom stereocenters. The summed E-state index contributed by atoms with van der Waals surface area (Å²) >= 11 is 1.44. The zero-order chi connectivity index (χ0) is 14.0. The van der Waals surface area contributed by atoms with E-state index in [1.807, 2.05) is 0 Å². The van der Waals surface area contributed by atoms with Crippen molar-refractivity contribution < 1.29 is 19.1 Å². The topological polar surface area (TPSA) is 65.5 Å². The molecule has 1 aliphatic rings. The highest BCUT2D eigenvalue weighted by Gasteiger charge is 2.35. The van der Waals surface area contributed by atoms with E-state index in [1.165, 1.54) is 11.3 Å². The second kappa shape index (κ2) is 5.69. The molecule has 0 unspecified atom stereocenters. The minimum Gasteiger partial charge on any atom is -0.460 e. The van der Waals surface area contributed by atoms with Crippen LogP contribution in [0.4, 0.5) is 0 Å². The lowest BCUT2D eigenvalue weighted by atomic mass is 10.1. The summed E-state index contributed by atoms with van der Waals surface area (Å²) in [6.07, 6.45) is 0.253. The number of hydrogen-bond acceptors (Lipinski definition) is 6. The van der Waals surface area contributed by atoms with Crippen LogP contribution in [0.15, 0.2) is 5.38 Å². The number of thiazole rings is 1. The van der Waals surface area contributed by atoms with Gasteiger partial charge in [-0.3, -0.25) is 0 Å². The second-order valence-corrected chi connectivity index (χ2v) is 6.04. The number of carbonyl (C=O) groups excluding carboxylic acids is 2. The Balaban J connectivity index is 1.96. The molecule has 1 aliphatic heterocycles. The first-order valence-electron chi connectivity index (χ1n) is 6.31. The van der Waals surface area contributed by atoms with E-state index in [0.717, 1.165) is 11.4 Å². The van der Waals surface area contributed by atoms with E-state index in [4.69, 9.17) is 9.47 Å². The fourth-order valence-corrected chi connectivity index (χ4v) is 2.83. The number of nitrogens with zero attached hydrogens (tertiary/aromatic N) is 1. The Morgan fingerprint density at radius 1 is 1.63 bits per heavy atom. The number of cyclic esters (lactones) is 1. The molecule has 0 saturated carbocycles. The Bertz CT molecular complexity index is 483. The van der Waals surface area contributed by atoms with Crippen molar-refractivity contribution in [1.82, 2.24) is 4.98 Å². The highest BCUT2D eigenvalue weighted by atomic mass is 32.1. The van der Waals surface area contributed by atoms with Gasteiger partial charge in [-0.15, -0.1) is 11.3 Å². The summed E-state index contributed by atoms with van der Waals surface area (Å²) in [7, 11) is 0. The minimum atomic E-state index is -0.794. The third kappa shape index (κ3) is 3.53. The number of aromatic nitrogens is 1. The molecule has 1 aromatic rings. The summed E-state index contributed by atoms with van der Waals surface area (Å²) in [5.41, 5.74) is 0.271. The van der Waals surface area contributed by atoms with E-state index in [2.05, 4.69) is 18.8 Å². The van der Waals surface area contributed by atoms with Crippen LogP contribution in [0.3, 0.4) is 0 Å². The molecule has 104 valence electrons. The van der Waals surface area contributed by atoms with Gasteiger partial charge < -0.3 is 9.47 Å². The van der Waals surface area contributed by atoms with Crippen molar-refractivity contribution in [2.45, 2.75) is 45.8 Å². The molecule has 0 spiro atoms. The van der Waals surface area contributed by atoms with Crippen molar-refractivity contribution >= 4 is 23.3 Å². The predicted octanol–water partition coefficient (Wildman–Crippen LogP) is 2.20. The van der Waals surface area contributed by atoms with Gasteiger partial charge in [0.05, 0.1) is 5.01 Å². The first-order chi connectivity index (χ1) is 8.95. The second-order valence-electron chi connectivity index (χ2n) is 5.10. The molecule has 2 heterocycles. The highest BCUT2D eigenvalue weighted by Crippen LogP contribution is 2.20. The molecule has 19 heavy (non-hydrogen) atoms. The van der Waals surface area contributed by atoms with Gasteiger partial charge in [-0.1, -0.05) is 13.8 Å². The number of esters is 2. The van der Waals surface area contributed by atoms with Crippen molar-refractivity contribution in [2.75, 3.05) is 0 Å². The average Bonchev–Trinajstić information content (AvgIpc) is 2.86. The van der Waals surface area contributed by atoms with Crippen LogP contribution >= 0.6 is 11.3 Å². The lowest BCUT2D eigenvalue weighted by molar-refractivity contribution is -0.147. The van der Waals surface area contributed by atoms with E-state index < -0.39 is 18.0 Å². The van der Waals surface area contributed by atoms with Gasteiger partial charge >= 0.3 is 11.9 Å². The van der Waals surface area contributed by atoms with Gasteiger partial charge in [0, 0.05) is 18.2 Å². The van der Waals surface area contributed by atoms with Gasteiger partial charge in [-0.25, -0.2) is 14.6 Å². The monoisotopic (exact) mass is 283 g/mol. The van der Waals surface area contributed by atoms with Crippen molar-refractivity contribution in [3.8, 4) is 0 Å². The van der Waals surface area contributed by atoms with Crippen LogP contribution in [-0.4, -0.2) is 29.1 Å². The summed E-state index contributed by atoms with van der Waals surface area (Å²) in [5.74, 6) is -0.540. The fourth-order valence-electron chi connectivity index (χ4n) is 1.85. The SMILES string of the molecule is CC(C)Cc1nc(C(=O)O[C@H]2C[C@@H](C)OC2=O)cs1. The van der Waals surface area contributed by atoms with Crippen LogP contribution in [0.25, 0.3) is 0 Å². The maximum absolute atomic E-state index is 11.9. The quantitative estimate of drug-likeness (QED) is 0.793. The van der Waals surface area contributed by atoms with Gasteiger partial charge in [0.2, 0.25) is 6.10 Å². The minimum absolute atomic E-state index is 0.197. The molecule has 0 radical (unpaired) electrons. The summed E-state index contributed by atoms with van der Waals surface area (Å²) in [6, 6.07) is 0. The fraction of sp³-hybridized carbons (Fsp3) is 0.615. The summed E-state index contributed by atoms with van der Waals surface area (Å²) in [6.45, 7) is 5.96. The Morgan fingerprint density at radius 2 is 2.37 bits per heavy atom. The van der Waals surface area contributed by atoms with Crippen LogP contribution in [0.5, 0.6) is 0 Å². The van der Waals surface area contributed by atoms with E-state index in [9.17, 15) is 9.59 Å². The van der Waals surface area contributed by atoms with E-state index in [0.29, 0.717) is 12.3 Å². The van der Waals surface area contributed by atoms with E-state index in [-0.39, 0.29) is 11.8 Å². The predicted molar refractivity (Wildman–Crippen MR) is 70.0 cm³/mol. The third-order valence-electron chi connectivity index (χ3n) is 2.72. The molecular formula is C13H17NO4S. The number of hydrogen-bond donors (Lipinski definition) is 0. The molecule has 6 heteroatoms. The molecule has 0 aliphatic carbocycles. The van der Waals surface area contributed by atoms with Crippen LogP contribution in [0.1, 0.15) is 42.7 Å². The highest BCUT2D eigenvalue weighted by molar-refractivity contribution is 7.09. The van der Waals surface area contributed by atoms with Gasteiger partial charge in [0.1, 0.15) is 6.10 Å². The zero-order valence-corrected chi connectivity index (χ0v) is 12.0. The Morgan fingerprint density at radius 3 is 2.95 bits per heavy atom. The number of rotatable bonds is 4. The number of carbonyl (C=O) groups is 2. The largest absolute Gasteiger partial charge is 0.460 e. The Kier molecular flexibility index (Phi) is 4.19. The molecule has 2 rings (SSSR count). The molecule has 0 N–H and O–H groups in total. The maximum atomic E-state index is 11.9. The van der Waals surface area contributed by atoms with Crippen LogP contribution in [0.2, 0.25) is 0 Å². The van der Waals surface area contributed by atoms with E-state index >= 15 is 0 Å². The summed E-state index contributed by atoms with van der Waals surface area (Å²) in [4.78, 5) is 27.5. The van der Waals surface area contributed by atoms with Crippen molar-refractivity contribution in [3.05, 3.63) is 16.1 Å². The summed E-state index contributed by atoms with van der Waals surface area (Å²) in [5, 5.41) is 2.58. The molecule has 0 aromatic carbocycles. The standard InChI is InChI=1S/C13H17NO4S/c1-7(2)4-11-14-9(6-19-11)12(15)18-10-5-8(3)17-13(10)16/h6-8,10H,4-5H2,1-3H3/t8-,10+/m1/s1. The van der Waals surface area contributed by atoms with Crippen LogP contribution in [-0.2, 0) is 20.7 Å². The normalized spacial score (nSPS) is 22.6. The van der Waals surface area contributed by atoms with Crippen LogP contribution < -0.4 is 0 Å². The molecule has 0 amide bonds. The number of ether oxygens (including phenoxy) is 2. The lowest BCUT2D eigenvalue weighted by Gasteiger charge is -2.06. The smallest absolute Gasteiger partial charge is 0.358 e. The Labute approximate surface area is 115 Å². The molecule has 0 bridgehead atoms. The molecule has 1 saturated heterocycles. The molecule has 5 nitrogen and oxygen atoms in total. The maximum Gasteiger partial charge on any atom is 0.358 e. The van der Waals surface area contributed by atoms with Crippen LogP contribution in [0, 0.1) is 5.92 Å². The third-order valence-corrected chi connectivity index (χ3v) is 3.59. The first kappa shape index (κ1) is 14.0. The van der Waals surface area contributed by atoms with Gasteiger partial charge in [0.25, 0.3) is 0 Å². The lowest BCUT2D eigenvalue weighted by Crippen LogP contribution is -2.22. The summed E-state index contributed by atoms with van der Waals surface area (Å²) < 4.78 is 10.1. The average molecular weight is 283 g/mol. The van der Waals surface area contributed by atoms with Gasteiger partial charge in [0.15, 0.2) is 5.69 Å². The molecular weight excluding hydrogens is 266 g/mol. The van der Waals surface area contributed by atoms with Gasteiger partial charge in [-0.05, 0) is 12.8 Å². The van der Waals surface area contributed by atoms with Crippen molar-refractivity contribution in [2.24, 2.45) is 5.92 Å². The van der Waals surface area contributed by atoms with E-state index in [1.54, 1.807) is 12.3 Å².